The summed E-state index contributed by atoms with van der Waals surface area (Å²) in [5.74, 6) is 3.51. The molecule has 0 fully saturated rings. The van der Waals surface area contributed by atoms with Crippen LogP contribution in [0.3, 0.4) is 0 Å². The summed E-state index contributed by atoms with van der Waals surface area (Å²) < 4.78 is 8.90. The lowest BCUT2D eigenvalue weighted by molar-refractivity contribution is 0.669. The molecular formula is C54H32N6OS. The van der Waals surface area contributed by atoms with Crippen LogP contribution in [-0.2, 0) is 0 Å². The molecule has 0 amide bonds. The maximum atomic E-state index is 6.52. The first-order valence-corrected chi connectivity index (χ1v) is 21.2. The minimum absolute atomic E-state index is 0.536. The van der Waals surface area contributed by atoms with Crippen molar-refractivity contribution in [3.63, 3.8) is 0 Å². The first-order valence-electron chi connectivity index (χ1n) is 20.4. The van der Waals surface area contributed by atoms with Crippen LogP contribution in [0.2, 0.25) is 0 Å². The number of aromatic nitrogens is 6. The first-order chi connectivity index (χ1) is 30.7. The lowest BCUT2D eigenvalue weighted by atomic mass is 9.93. The van der Waals surface area contributed by atoms with Crippen LogP contribution in [0.4, 0.5) is 0 Å². The Morgan fingerprint density at radius 1 is 0.306 bits per heavy atom. The Kier molecular flexibility index (Phi) is 8.53. The predicted molar refractivity (Wildman–Crippen MR) is 251 cm³/mol. The summed E-state index contributed by atoms with van der Waals surface area (Å²) in [5, 5.41) is 4.39. The Morgan fingerprint density at radius 3 is 1.40 bits per heavy atom. The van der Waals surface area contributed by atoms with Crippen LogP contribution in [0, 0.1) is 0 Å². The number of nitrogens with zero attached hydrogens (tertiary/aromatic N) is 6. The fourth-order valence-electron chi connectivity index (χ4n) is 8.28. The van der Waals surface area contributed by atoms with Gasteiger partial charge in [-0.3, -0.25) is 0 Å². The molecule has 0 spiro atoms. The van der Waals surface area contributed by atoms with Gasteiger partial charge in [-0.1, -0.05) is 164 Å². The minimum Gasteiger partial charge on any atom is -0.455 e. The van der Waals surface area contributed by atoms with Gasteiger partial charge >= 0.3 is 0 Å². The average Bonchev–Trinajstić information content (AvgIpc) is 3.93. The SMILES string of the molecule is c1ccc(-c2nc(-c3ccccc3)nc(-c3ccc(-c4c(-c5nc(-c6ccccc6)nc(-c6cccc7c6oc6ccccc67)n5)ccc5sc6ccccc6c45)cc3)n2)cc1. The Balaban J connectivity index is 1.07. The zero-order valence-corrected chi connectivity index (χ0v) is 33.8. The molecule has 7 nitrogen and oxygen atoms in total. The van der Waals surface area contributed by atoms with Crippen LogP contribution in [-0.4, -0.2) is 29.9 Å². The number of rotatable bonds is 7. The molecule has 0 aliphatic carbocycles. The monoisotopic (exact) mass is 812 g/mol. The highest BCUT2D eigenvalue weighted by atomic mass is 32.1. The summed E-state index contributed by atoms with van der Waals surface area (Å²) in [6, 6.07) is 65.9. The van der Waals surface area contributed by atoms with E-state index in [4.69, 9.17) is 34.3 Å². The highest BCUT2D eigenvalue weighted by Gasteiger charge is 2.22. The fraction of sp³-hybridized carbons (Fsp3) is 0. The molecule has 8 aromatic carbocycles. The Morgan fingerprint density at radius 2 is 0.774 bits per heavy atom. The van der Waals surface area contributed by atoms with Gasteiger partial charge in [-0.05, 0) is 35.9 Å². The van der Waals surface area contributed by atoms with Crippen molar-refractivity contribution in [2.24, 2.45) is 0 Å². The molecule has 0 N–H and O–H groups in total. The van der Waals surface area contributed by atoms with Gasteiger partial charge in [-0.15, -0.1) is 11.3 Å². The molecule has 0 bridgehead atoms. The number of fused-ring (bicyclic) bond motifs is 6. The van der Waals surface area contributed by atoms with Crippen LogP contribution in [0.5, 0.6) is 0 Å². The minimum atomic E-state index is 0.536. The Bertz CT molecular complexity index is 3570. The average molecular weight is 813 g/mol. The smallest absolute Gasteiger partial charge is 0.167 e. The van der Waals surface area contributed by atoms with Crippen molar-refractivity contribution in [3.8, 4) is 79.5 Å². The molecular weight excluding hydrogens is 781 g/mol. The van der Waals surface area contributed by atoms with Crippen LogP contribution >= 0.6 is 11.3 Å². The van der Waals surface area contributed by atoms with Gasteiger partial charge in [0.25, 0.3) is 0 Å². The molecule has 62 heavy (non-hydrogen) atoms. The molecule has 290 valence electrons. The summed E-state index contributed by atoms with van der Waals surface area (Å²) in [5.41, 5.74) is 8.92. The highest BCUT2D eigenvalue weighted by Crippen LogP contribution is 2.45. The Labute approximate surface area is 359 Å². The van der Waals surface area contributed by atoms with E-state index in [1.54, 1.807) is 11.3 Å². The Hall–Kier alpha value is -8.20. The zero-order valence-electron chi connectivity index (χ0n) is 33.0. The molecule has 4 aromatic heterocycles. The largest absolute Gasteiger partial charge is 0.455 e. The van der Waals surface area contributed by atoms with Crippen LogP contribution in [0.15, 0.2) is 199 Å². The van der Waals surface area contributed by atoms with Gasteiger partial charge in [-0.2, -0.15) is 0 Å². The fourth-order valence-corrected chi connectivity index (χ4v) is 9.40. The quantitative estimate of drug-likeness (QED) is 0.158. The summed E-state index contributed by atoms with van der Waals surface area (Å²) >= 11 is 1.78. The van der Waals surface area contributed by atoms with E-state index in [0.29, 0.717) is 34.9 Å². The van der Waals surface area contributed by atoms with Crippen LogP contribution in [0.25, 0.3) is 122 Å². The van der Waals surface area contributed by atoms with Crippen molar-refractivity contribution in [1.29, 1.82) is 0 Å². The predicted octanol–water partition coefficient (Wildman–Crippen LogP) is 14.0. The normalized spacial score (nSPS) is 11.5. The second kappa shape index (κ2) is 14.8. The molecule has 12 rings (SSSR count). The number of benzene rings is 8. The van der Waals surface area contributed by atoms with E-state index in [2.05, 4.69) is 72.8 Å². The molecule has 0 aliphatic heterocycles. The molecule has 0 unspecified atom stereocenters. The molecule has 8 heteroatoms. The summed E-state index contributed by atoms with van der Waals surface area (Å²) in [7, 11) is 0. The lowest BCUT2D eigenvalue weighted by Gasteiger charge is -2.14. The second-order valence-electron chi connectivity index (χ2n) is 15.0. The van der Waals surface area contributed by atoms with Gasteiger partial charge < -0.3 is 4.42 Å². The number of hydrogen-bond donors (Lipinski definition) is 0. The molecule has 12 aromatic rings. The van der Waals surface area contributed by atoms with Crippen molar-refractivity contribution >= 4 is 53.4 Å². The number of hydrogen-bond acceptors (Lipinski definition) is 8. The number of thiophene rings is 1. The summed E-state index contributed by atoms with van der Waals surface area (Å²) in [4.78, 5) is 30.6. The van der Waals surface area contributed by atoms with Gasteiger partial charge in [0.1, 0.15) is 11.2 Å². The van der Waals surface area contributed by atoms with Gasteiger partial charge in [0.2, 0.25) is 0 Å². The summed E-state index contributed by atoms with van der Waals surface area (Å²) in [6.45, 7) is 0. The second-order valence-corrected chi connectivity index (χ2v) is 16.1. The van der Waals surface area contributed by atoms with Gasteiger partial charge in [0.15, 0.2) is 34.9 Å². The first kappa shape index (κ1) is 35.7. The van der Waals surface area contributed by atoms with Crippen molar-refractivity contribution in [2.75, 3.05) is 0 Å². The molecule has 4 heterocycles. The van der Waals surface area contributed by atoms with Crippen molar-refractivity contribution in [2.45, 2.75) is 0 Å². The molecule has 0 atom stereocenters. The van der Waals surface area contributed by atoms with Gasteiger partial charge in [0.05, 0.1) is 5.56 Å². The zero-order chi connectivity index (χ0) is 41.0. The van der Waals surface area contributed by atoms with Crippen molar-refractivity contribution in [3.05, 3.63) is 194 Å². The summed E-state index contributed by atoms with van der Waals surface area (Å²) in [6.07, 6.45) is 0. The number of furan rings is 1. The van der Waals surface area contributed by atoms with E-state index in [1.165, 1.54) is 14.8 Å². The standard InChI is InChI=1S/C54H32N6OS/c1-4-15-34(16-5-1)49-55-50(35-17-6-2-7-18-35)57-52(56-49)37-29-27-33(28-30-37)46-41(31-32-45-47(46)40-22-11-13-26-44(40)62-45)53-58-51(36-19-8-3-9-20-36)59-54(60-53)42-24-14-23-39-38-21-10-12-25-43(38)61-48(39)42/h1-32H. The molecule has 0 saturated heterocycles. The number of para-hydroxylation sites is 2. The van der Waals surface area contributed by atoms with Crippen LogP contribution in [0.1, 0.15) is 0 Å². The van der Waals surface area contributed by atoms with Gasteiger partial charge in [-0.25, -0.2) is 29.9 Å². The van der Waals surface area contributed by atoms with E-state index in [9.17, 15) is 0 Å². The van der Waals surface area contributed by atoms with Gasteiger partial charge in [0, 0.05) is 64.3 Å². The van der Waals surface area contributed by atoms with E-state index in [1.807, 2.05) is 121 Å². The highest BCUT2D eigenvalue weighted by molar-refractivity contribution is 7.26. The molecule has 0 aliphatic rings. The van der Waals surface area contributed by atoms with Crippen LogP contribution < -0.4 is 0 Å². The van der Waals surface area contributed by atoms with E-state index < -0.39 is 0 Å². The maximum Gasteiger partial charge on any atom is 0.167 e. The molecule has 0 saturated carbocycles. The van der Waals surface area contributed by atoms with Crippen molar-refractivity contribution < 1.29 is 4.42 Å². The maximum absolute atomic E-state index is 6.52. The van der Waals surface area contributed by atoms with Crippen molar-refractivity contribution in [1.82, 2.24) is 29.9 Å². The van der Waals surface area contributed by atoms with E-state index in [-0.39, 0.29) is 0 Å². The lowest BCUT2D eigenvalue weighted by Crippen LogP contribution is -2.01. The third kappa shape index (κ3) is 6.20. The molecule has 0 radical (unpaired) electrons. The third-order valence-corrected chi connectivity index (χ3v) is 12.4. The third-order valence-electron chi connectivity index (χ3n) is 11.2. The topological polar surface area (TPSA) is 90.5 Å². The van der Waals surface area contributed by atoms with E-state index in [0.717, 1.165) is 71.8 Å². The van der Waals surface area contributed by atoms with E-state index >= 15 is 0 Å².